The van der Waals surface area contributed by atoms with Crippen molar-refractivity contribution in [2.75, 3.05) is 5.73 Å². The number of hydrogen-bond donors (Lipinski definition) is 2. The van der Waals surface area contributed by atoms with Gasteiger partial charge in [0.1, 0.15) is 0 Å². The summed E-state index contributed by atoms with van der Waals surface area (Å²) >= 11 is 1.58. The summed E-state index contributed by atoms with van der Waals surface area (Å²) in [5.41, 5.74) is 8.82. The first-order valence-corrected chi connectivity index (χ1v) is 8.23. The molecular weight excluding hydrogens is 344 g/mol. The molecule has 1 amide bonds. The Kier molecular flexibility index (Phi) is 4.57. The number of thiophene rings is 1. The number of aryl methyl sites for hydroxylation is 1. The van der Waals surface area contributed by atoms with Crippen LogP contribution in [0.5, 0.6) is 0 Å². The lowest BCUT2D eigenvalue weighted by molar-refractivity contribution is 0.0948. The Balaban J connectivity index is 1.84. The Morgan fingerprint density at radius 1 is 1.44 bits per heavy atom. The Hall–Kier alpha value is -3.08. The second kappa shape index (κ2) is 6.81. The normalized spacial score (nSPS) is 11.5. The quantitative estimate of drug-likeness (QED) is 0.519. The second-order valence-electron chi connectivity index (χ2n) is 5.51. The van der Waals surface area contributed by atoms with Crippen LogP contribution in [-0.4, -0.2) is 37.4 Å². The summed E-state index contributed by atoms with van der Waals surface area (Å²) in [4.78, 5) is 14.5. The van der Waals surface area contributed by atoms with Crippen LogP contribution in [0.3, 0.4) is 0 Å². The van der Waals surface area contributed by atoms with Gasteiger partial charge in [0.05, 0.1) is 11.9 Å². The SMILES string of the molecule is Cc1ccc(/C=N\NC(=O)c2nnn(-c3nonc3N)c2C(C)C)s1. The molecule has 3 heterocycles. The zero-order valence-electron chi connectivity index (χ0n) is 13.8. The van der Waals surface area contributed by atoms with Crippen molar-refractivity contribution in [2.45, 2.75) is 26.7 Å². The molecule has 11 heteroatoms. The van der Waals surface area contributed by atoms with Crippen LogP contribution in [0.2, 0.25) is 0 Å². The lowest BCUT2D eigenvalue weighted by Crippen LogP contribution is -2.20. The van der Waals surface area contributed by atoms with Crippen LogP contribution in [0, 0.1) is 6.92 Å². The number of nitrogens with one attached hydrogen (secondary N) is 1. The Morgan fingerprint density at radius 2 is 2.24 bits per heavy atom. The molecule has 10 nitrogen and oxygen atoms in total. The summed E-state index contributed by atoms with van der Waals surface area (Å²) in [5, 5.41) is 19.0. The molecule has 0 aliphatic rings. The first-order valence-electron chi connectivity index (χ1n) is 7.41. The van der Waals surface area contributed by atoms with E-state index in [1.165, 1.54) is 4.68 Å². The third kappa shape index (κ3) is 3.40. The number of amides is 1. The molecular formula is C14H16N8O2S. The Labute approximate surface area is 146 Å². The van der Waals surface area contributed by atoms with Gasteiger partial charge in [-0.05, 0) is 35.3 Å². The lowest BCUT2D eigenvalue weighted by atomic mass is 10.1. The largest absolute Gasteiger partial charge is 0.378 e. The minimum atomic E-state index is -0.477. The maximum absolute atomic E-state index is 12.4. The molecule has 0 unspecified atom stereocenters. The van der Waals surface area contributed by atoms with E-state index >= 15 is 0 Å². The standard InChI is InChI=1S/C14H16N8O2S/c1-7(2)11-10(17-21-22(11)13-12(15)19-24-20-13)14(23)18-16-6-9-5-4-8(3)25-9/h4-7H,1-3H3,(H2,15,19)(H,18,23)/b16-6-. The molecule has 0 fully saturated rings. The van der Waals surface area contributed by atoms with Gasteiger partial charge in [-0.25, -0.2) is 10.1 Å². The zero-order chi connectivity index (χ0) is 18.0. The van der Waals surface area contributed by atoms with Crippen LogP contribution in [0.15, 0.2) is 21.9 Å². The number of rotatable bonds is 5. The van der Waals surface area contributed by atoms with Gasteiger partial charge in [0.15, 0.2) is 5.69 Å². The average Bonchev–Trinajstić information content (AvgIpc) is 3.26. The lowest BCUT2D eigenvalue weighted by Gasteiger charge is -2.07. The molecule has 0 aliphatic carbocycles. The minimum absolute atomic E-state index is 0.0600. The zero-order valence-corrected chi connectivity index (χ0v) is 14.6. The van der Waals surface area contributed by atoms with Crippen molar-refractivity contribution >= 4 is 29.3 Å². The van der Waals surface area contributed by atoms with Crippen LogP contribution >= 0.6 is 11.3 Å². The number of hydrogen-bond acceptors (Lipinski definition) is 9. The van der Waals surface area contributed by atoms with Crippen molar-refractivity contribution in [1.82, 2.24) is 30.7 Å². The second-order valence-corrected chi connectivity index (χ2v) is 6.83. The maximum Gasteiger partial charge on any atom is 0.293 e. The highest BCUT2D eigenvalue weighted by Crippen LogP contribution is 2.22. The number of nitrogens with zero attached hydrogens (tertiary/aromatic N) is 6. The van der Waals surface area contributed by atoms with Gasteiger partial charge in [-0.2, -0.15) is 9.78 Å². The molecule has 0 aliphatic heterocycles. The highest BCUT2D eigenvalue weighted by atomic mass is 32.1. The third-order valence-electron chi connectivity index (χ3n) is 3.28. The van der Waals surface area contributed by atoms with Gasteiger partial charge in [-0.15, -0.1) is 16.4 Å². The van der Waals surface area contributed by atoms with E-state index in [9.17, 15) is 4.79 Å². The fourth-order valence-corrected chi connectivity index (χ4v) is 2.94. The minimum Gasteiger partial charge on any atom is -0.378 e. The smallest absolute Gasteiger partial charge is 0.293 e. The van der Waals surface area contributed by atoms with Crippen molar-refractivity contribution in [3.63, 3.8) is 0 Å². The first-order chi connectivity index (χ1) is 12.0. The summed E-state index contributed by atoms with van der Waals surface area (Å²) in [6.45, 7) is 5.79. The van der Waals surface area contributed by atoms with Crippen LogP contribution in [-0.2, 0) is 0 Å². The molecule has 3 N–H and O–H groups in total. The van der Waals surface area contributed by atoms with E-state index in [1.807, 2.05) is 32.9 Å². The molecule has 130 valence electrons. The number of anilines is 1. The summed E-state index contributed by atoms with van der Waals surface area (Å²) in [6, 6.07) is 3.90. The van der Waals surface area contributed by atoms with Crippen molar-refractivity contribution < 1.29 is 9.42 Å². The third-order valence-corrected chi connectivity index (χ3v) is 4.22. The van der Waals surface area contributed by atoms with E-state index in [0.717, 1.165) is 9.75 Å². The van der Waals surface area contributed by atoms with Crippen molar-refractivity contribution in [1.29, 1.82) is 0 Å². The highest BCUT2D eigenvalue weighted by molar-refractivity contribution is 7.13. The topological polar surface area (TPSA) is 137 Å². The fraction of sp³-hybridized carbons (Fsp3) is 0.286. The molecule has 25 heavy (non-hydrogen) atoms. The molecule has 0 spiro atoms. The van der Waals surface area contributed by atoms with Crippen LogP contribution in [0.25, 0.3) is 5.82 Å². The summed E-state index contributed by atoms with van der Waals surface area (Å²) < 4.78 is 5.93. The monoisotopic (exact) mass is 360 g/mol. The number of hydrazone groups is 1. The molecule has 0 saturated heterocycles. The van der Waals surface area contributed by atoms with Crippen LogP contribution in [0.4, 0.5) is 5.82 Å². The van der Waals surface area contributed by atoms with Gasteiger partial charge < -0.3 is 5.73 Å². The number of carbonyl (C=O) groups excluding carboxylic acids is 1. The summed E-state index contributed by atoms with van der Waals surface area (Å²) in [6.07, 6.45) is 1.58. The van der Waals surface area contributed by atoms with E-state index in [-0.39, 0.29) is 23.2 Å². The molecule has 0 radical (unpaired) electrons. The molecule has 0 atom stereocenters. The molecule has 0 bridgehead atoms. The maximum atomic E-state index is 12.4. The van der Waals surface area contributed by atoms with Gasteiger partial charge in [0.25, 0.3) is 5.91 Å². The van der Waals surface area contributed by atoms with Crippen molar-refractivity contribution in [2.24, 2.45) is 5.10 Å². The molecule has 3 aromatic rings. The van der Waals surface area contributed by atoms with Gasteiger partial charge >= 0.3 is 0 Å². The predicted molar refractivity (Wildman–Crippen MR) is 91.8 cm³/mol. The summed E-state index contributed by atoms with van der Waals surface area (Å²) in [5.74, 6) is -0.303. The predicted octanol–water partition coefficient (Wildman–Crippen LogP) is 1.49. The highest BCUT2D eigenvalue weighted by Gasteiger charge is 2.25. The fourth-order valence-electron chi connectivity index (χ4n) is 2.19. The molecule has 0 aromatic carbocycles. The van der Waals surface area contributed by atoms with E-state index in [4.69, 9.17) is 5.73 Å². The van der Waals surface area contributed by atoms with Gasteiger partial charge in [0.2, 0.25) is 11.6 Å². The average molecular weight is 360 g/mol. The van der Waals surface area contributed by atoms with E-state index in [1.54, 1.807) is 17.6 Å². The molecule has 3 aromatic heterocycles. The van der Waals surface area contributed by atoms with Gasteiger partial charge in [0, 0.05) is 9.75 Å². The van der Waals surface area contributed by atoms with Crippen LogP contribution < -0.4 is 11.2 Å². The van der Waals surface area contributed by atoms with Crippen molar-refractivity contribution in [3.8, 4) is 5.82 Å². The first kappa shape index (κ1) is 16.8. The van der Waals surface area contributed by atoms with Gasteiger partial charge in [-0.1, -0.05) is 19.1 Å². The van der Waals surface area contributed by atoms with E-state index in [0.29, 0.717) is 5.69 Å². The molecule has 0 saturated carbocycles. The molecule has 3 rings (SSSR count). The number of nitrogen functional groups attached to an aromatic ring is 1. The van der Waals surface area contributed by atoms with Crippen LogP contribution in [0.1, 0.15) is 45.7 Å². The van der Waals surface area contributed by atoms with Gasteiger partial charge in [-0.3, -0.25) is 4.79 Å². The Morgan fingerprint density at radius 3 is 2.84 bits per heavy atom. The van der Waals surface area contributed by atoms with E-state index in [2.05, 4.69) is 35.8 Å². The van der Waals surface area contributed by atoms with Crippen molar-refractivity contribution in [3.05, 3.63) is 33.3 Å². The summed E-state index contributed by atoms with van der Waals surface area (Å²) in [7, 11) is 0. The van der Waals surface area contributed by atoms with E-state index < -0.39 is 5.91 Å². The Bertz CT molecular complexity index is 923. The number of carbonyl (C=O) groups is 1. The number of aromatic nitrogens is 5. The number of nitrogens with two attached hydrogens (primary N) is 1.